The lowest BCUT2D eigenvalue weighted by Gasteiger charge is -2.27. The largest absolute Gasteiger partial charge is 0.434 e. The number of nitrogens with one attached hydrogen (secondary N) is 2. The first kappa shape index (κ1) is 31.8. The summed E-state index contributed by atoms with van der Waals surface area (Å²) >= 11 is 6.50. The third kappa shape index (κ3) is 7.74. The number of rotatable bonds is 11. The Hall–Kier alpha value is -2.68. The molecule has 1 amide bonds. The SMILES string of the molecule is CCC(Nc1cc(OC(F)F)c(-c2c(Cl)c(C(=O)NCC3CCC(S(C)(=O)=O)CC3)nn2CC)cn1)C(F)(F)F. The Balaban J connectivity index is 1.85. The zero-order valence-corrected chi connectivity index (χ0v) is 23.6. The number of pyridine rings is 1. The Bertz CT molecular complexity index is 1300. The third-order valence-electron chi connectivity index (χ3n) is 6.82. The van der Waals surface area contributed by atoms with E-state index in [4.69, 9.17) is 11.6 Å². The van der Waals surface area contributed by atoms with Gasteiger partial charge in [-0.05, 0) is 44.9 Å². The average molecular weight is 616 g/mol. The van der Waals surface area contributed by atoms with Crippen LogP contribution in [0.15, 0.2) is 12.3 Å². The van der Waals surface area contributed by atoms with Gasteiger partial charge in [0.2, 0.25) is 0 Å². The quantitative estimate of drug-likeness (QED) is 0.329. The maximum absolute atomic E-state index is 13.3. The molecule has 0 radical (unpaired) electrons. The van der Waals surface area contributed by atoms with Crippen LogP contribution in [0.4, 0.5) is 27.8 Å². The van der Waals surface area contributed by atoms with Gasteiger partial charge in [-0.15, -0.1) is 0 Å². The number of carbonyl (C=O) groups is 1. The molecule has 1 aliphatic rings. The Morgan fingerprint density at radius 3 is 2.40 bits per heavy atom. The van der Waals surface area contributed by atoms with Crippen LogP contribution < -0.4 is 15.4 Å². The van der Waals surface area contributed by atoms with Gasteiger partial charge in [0.1, 0.15) is 27.4 Å². The van der Waals surface area contributed by atoms with Crippen molar-refractivity contribution in [1.29, 1.82) is 0 Å². The molecule has 0 aromatic carbocycles. The van der Waals surface area contributed by atoms with Crippen molar-refractivity contribution in [3.8, 4) is 17.0 Å². The molecule has 3 rings (SSSR count). The monoisotopic (exact) mass is 615 g/mol. The van der Waals surface area contributed by atoms with Crippen molar-refractivity contribution in [3.63, 3.8) is 0 Å². The van der Waals surface area contributed by atoms with Gasteiger partial charge in [-0.25, -0.2) is 13.4 Å². The van der Waals surface area contributed by atoms with Crippen LogP contribution >= 0.6 is 11.6 Å². The number of amides is 1. The van der Waals surface area contributed by atoms with Crippen LogP contribution in [-0.4, -0.2) is 66.0 Å². The van der Waals surface area contributed by atoms with Gasteiger partial charge in [0, 0.05) is 31.6 Å². The minimum atomic E-state index is -4.60. The molecular formula is C24H31ClF5N5O4S. The molecule has 2 aromatic rings. The van der Waals surface area contributed by atoms with Crippen LogP contribution in [0.2, 0.25) is 5.02 Å². The summed E-state index contributed by atoms with van der Waals surface area (Å²) in [4.78, 5) is 16.9. The first-order valence-electron chi connectivity index (χ1n) is 12.7. The van der Waals surface area contributed by atoms with Gasteiger partial charge in [0.15, 0.2) is 5.69 Å². The lowest BCUT2D eigenvalue weighted by Crippen LogP contribution is -2.35. The number of anilines is 1. The summed E-state index contributed by atoms with van der Waals surface area (Å²) in [6.45, 7) is 0.0946. The molecule has 224 valence electrons. The summed E-state index contributed by atoms with van der Waals surface area (Å²) in [6, 6.07) is -1.06. The zero-order chi connectivity index (χ0) is 29.8. The topological polar surface area (TPSA) is 115 Å². The first-order valence-corrected chi connectivity index (χ1v) is 15.0. The van der Waals surface area contributed by atoms with Crippen LogP contribution in [0.3, 0.4) is 0 Å². The van der Waals surface area contributed by atoms with Crippen molar-refractivity contribution in [1.82, 2.24) is 20.1 Å². The highest BCUT2D eigenvalue weighted by Crippen LogP contribution is 2.39. The second-order valence-electron chi connectivity index (χ2n) is 9.60. The first-order chi connectivity index (χ1) is 18.6. The summed E-state index contributed by atoms with van der Waals surface area (Å²) in [5, 5.41) is 8.56. The molecule has 40 heavy (non-hydrogen) atoms. The Labute approximate surface area is 233 Å². The molecule has 0 saturated heterocycles. The number of ether oxygens (including phenoxy) is 1. The molecule has 1 fully saturated rings. The van der Waals surface area contributed by atoms with Crippen LogP contribution in [0.25, 0.3) is 11.3 Å². The number of carbonyl (C=O) groups excluding carboxylic acids is 1. The van der Waals surface area contributed by atoms with Crippen molar-refractivity contribution < 1.29 is 39.9 Å². The smallest absolute Gasteiger partial charge is 0.408 e. The number of alkyl halides is 5. The highest BCUT2D eigenvalue weighted by Gasteiger charge is 2.38. The lowest BCUT2D eigenvalue weighted by atomic mass is 9.89. The predicted molar refractivity (Wildman–Crippen MR) is 139 cm³/mol. The average Bonchev–Trinajstić information content (AvgIpc) is 3.20. The van der Waals surface area contributed by atoms with E-state index in [1.165, 1.54) is 17.9 Å². The Morgan fingerprint density at radius 1 is 1.23 bits per heavy atom. The van der Waals surface area contributed by atoms with Gasteiger partial charge in [-0.1, -0.05) is 18.5 Å². The molecule has 9 nitrogen and oxygen atoms in total. The van der Waals surface area contributed by atoms with Crippen molar-refractivity contribution in [3.05, 3.63) is 23.0 Å². The van der Waals surface area contributed by atoms with Crippen LogP contribution in [0, 0.1) is 5.92 Å². The maximum Gasteiger partial charge on any atom is 0.408 e. The second-order valence-corrected chi connectivity index (χ2v) is 12.3. The third-order valence-corrected chi connectivity index (χ3v) is 8.86. The fraction of sp³-hybridized carbons (Fsp3) is 0.625. The van der Waals surface area contributed by atoms with Crippen molar-refractivity contribution >= 4 is 33.2 Å². The summed E-state index contributed by atoms with van der Waals surface area (Å²) in [5.41, 5.74) is -0.249. The summed E-state index contributed by atoms with van der Waals surface area (Å²) < 4.78 is 95.5. The van der Waals surface area contributed by atoms with E-state index in [-0.39, 0.29) is 53.2 Å². The van der Waals surface area contributed by atoms with Gasteiger partial charge < -0.3 is 15.4 Å². The van der Waals surface area contributed by atoms with Crippen molar-refractivity contribution in [2.45, 2.75) is 76.6 Å². The van der Waals surface area contributed by atoms with Gasteiger partial charge in [0.05, 0.1) is 21.5 Å². The van der Waals surface area contributed by atoms with E-state index in [2.05, 4.69) is 25.5 Å². The van der Waals surface area contributed by atoms with Crippen LogP contribution in [0.5, 0.6) is 5.75 Å². The van der Waals surface area contributed by atoms with Gasteiger partial charge in [-0.3, -0.25) is 9.48 Å². The molecule has 0 bridgehead atoms. The molecule has 2 aromatic heterocycles. The number of nitrogens with zero attached hydrogens (tertiary/aromatic N) is 3. The molecule has 2 heterocycles. The zero-order valence-electron chi connectivity index (χ0n) is 22.1. The Morgan fingerprint density at radius 2 is 1.88 bits per heavy atom. The van der Waals surface area contributed by atoms with E-state index in [1.54, 1.807) is 6.92 Å². The summed E-state index contributed by atoms with van der Waals surface area (Å²) in [7, 11) is -3.12. The molecule has 1 atom stereocenters. The Kier molecular flexibility index (Phi) is 10.3. The number of hydrogen-bond donors (Lipinski definition) is 2. The van der Waals surface area contributed by atoms with E-state index in [9.17, 15) is 35.2 Å². The van der Waals surface area contributed by atoms with Gasteiger partial charge in [0.25, 0.3) is 5.91 Å². The van der Waals surface area contributed by atoms with Gasteiger partial charge in [-0.2, -0.15) is 27.1 Å². The molecular weight excluding hydrogens is 585 g/mol. The van der Waals surface area contributed by atoms with E-state index < -0.39 is 45.6 Å². The standard InChI is InChI=1S/C24H31ClF5N5O4S/c1-4-17(24(28,29)30)33-18-10-16(39-23(26)27)15(12-31-18)21-19(25)20(34-35(21)5-2)22(36)32-11-13-6-8-14(9-7-13)40(3,37)38/h10,12-14,17,23H,4-9,11H2,1-3H3,(H,31,33)(H,32,36). The lowest BCUT2D eigenvalue weighted by molar-refractivity contribution is -0.142. The van der Waals surface area contributed by atoms with E-state index in [1.807, 2.05) is 0 Å². The fourth-order valence-corrected chi connectivity index (χ4v) is 6.09. The second kappa shape index (κ2) is 12.9. The molecule has 16 heteroatoms. The van der Waals surface area contributed by atoms with E-state index >= 15 is 0 Å². The molecule has 0 aliphatic heterocycles. The molecule has 1 unspecified atom stereocenters. The van der Waals surface area contributed by atoms with Crippen molar-refractivity contribution in [2.75, 3.05) is 18.1 Å². The molecule has 1 saturated carbocycles. The van der Waals surface area contributed by atoms with Crippen LogP contribution in [0.1, 0.15) is 56.4 Å². The summed E-state index contributed by atoms with van der Waals surface area (Å²) in [5.74, 6) is -1.41. The van der Waals surface area contributed by atoms with Gasteiger partial charge >= 0.3 is 12.8 Å². The molecule has 2 N–H and O–H groups in total. The number of halogens is 6. The normalized spacial score (nSPS) is 18.9. The van der Waals surface area contributed by atoms with Crippen molar-refractivity contribution in [2.24, 2.45) is 5.92 Å². The molecule has 0 spiro atoms. The minimum Gasteiger partial charge on any atom is -0.434 e. The number of sulfone groups is 1. The number of aryl methyl sites for hydroxylation is 1. The van der Waals surface area contributed by atoms with Crippen LogP contribution in [-0.2, 0) is 16.4 Å². The number of aromatic nitrogens is 3. The van der Waals surface area contributed by atoms with E-state index in [0.29, 0.717) is 25.7 Å². The summed E-state index contributed by atoms with van der Waals surface area (Å²) in [6.07, 6.45) is -0.446. The predicted octanol–water partition coefficient (Wildman–Crippen LogP) is 5.31. The maximum atomic E-state index is 13.3. The van der Waals surface area contributed by atoms with E-state index in [0.717, 1.165) is 12.3 Å². The number of hydrogen-bond acceptors (Lipinski definition) is 7. The fourth-order valence-electron chi connectivity index (χ4n) is 4.64. The highest BCUT2D eigenvalue weighted by molar-refractivity contribution is 7.91. The highest BCUT2D eigenvalue weighted by atomic mass is 35.5. The minimum absolute atomic E-state index is 0.0283. The molecule has 1 aliphatic carbocycles.